The van der Waals surface area contributed by atoms with Crippen LogP contribution in [0.5, 0.6) is 0 Å². The SMILES string of the molecule is CNC(=O)CCOC(=O)NOC. The van der Waals surface area contributed by atoms with Crippen molar-refractivity contribution in [3.8, 4) is 0 Å². The molecular weight excluding hydrogens is 164 g/mol. The largest absolute Gasteiger partial charge is 0.448 e. The van der Waals surface area contributed by atoms with Crippen LogP contribution in [-0.2, 0) is 14.4 Å². The molecule has 0 heterocycles. The van der Waals surface area contributed by atoms with Crippen LogP contribution in [0.3, 0.4) is 0 Å². The molecule has 0 spiro atoms. The molecule has 0 atom stereocenters. The fourth-order valence-corrected chi connectivity index (χ4v) is 0.474. The lowest BCUT2D eigenvalue weighted by molar-refractivity contribution is -0.121. The van der Waals surface area contributed by atoms with Gasteiger partial charge in [-0.3, -0.25) is 9.63 Å². The van der Waals surface area contributed by atoms with Crippen molar-refractivity contribution in [2.75, 3.05) is 20.8 Å². The number of hydroxylamine groups is 1. The average molecular weight is 176 g/mol. The van der Waals surface area contributed by atoms with Gasteiger partial charge in [-0.15, -0.1) is 0 Å². The fourth-order valence-electron chi connectivity index (χ4n) is 0.474. The van der Waals surface area contributed by atoms with Gasteiger partial charge >= 0.3 is 6.09 Å². The molecule has 0 rings (SSSR count). The summed E-state index contributed by atoms with van der Waals surface area (Å²) >= 11 is 0. The first-order valence-corrected chi connectivity index (χ1v) is 3.37. The summed E-state index contributed by atoms with van der Waals surface area (Å²) in [6.45, 7) is 0.0366. The van der Waals surface area contributed by atoms with E-state index in [2.05, 4.69) is 14.9 Å². The maximum absolute atomic E-state index is 10.6. The van der Waals surface area contributed by atoms with E-state index in [9.17, 15) is 9.59 Å². The second-order valence-corrected chi connectivity index (χ2v) is 1.87. The lowest BCUT2D eigenvalue weighted by atomic mass is 10.4. The van der Waals surface area contributed by atoms with E-state index in [1.807, 2.05) is 5.48 Å². The number of rotatable bonds is 4. The molecule has 0 unspecified atom stereocenters. The Hall–Kier alpha value is -1.30. The normalized spacial score (nSPS) is 8.83. The van der Waals surface area contributed by atoms with E-state index in [4.69, 9.17) is 0 Å². The van der Waals surface area contributed by atoms with Crippen LogP contribution in [0.2, 0.25) is 0 Å². The molecule has 2 N–H and O–H groups in total. The van der Waals surface area contributed by atoms with Gasteiger partial charge in [-0.1, -0.05) is 0 Å². The van der Waals surface area contributed by atoms with E-state index < -0.39 is 6.09 Å². The molecule has 0 aliphatic heterocycles. The van der Waals surface area contributed by atoms with Crippen LogP contribution >= 0.6 is 0 Å². The quantitative estimate of drug-likeness (QED) is 0.561. The smallest absolute Gasteiger partial charge is 0.431 e. The minimum atomic E-state index is -0.707. The van der Waals surface area contributed by atoms with Crippen molar-refractivity contribution < 1.29 is 19.2 Å². The van der Waals surface area contributed by atoms with Crippen LogP contribution in [0.25, 0.3) is 0 Å². The third-order valence-corrected chi connectivity index (χ3v) is 1.03. The molecule has 0 aromatic heterocycles. The zero-order valence-corrected chi connectivity index (χ0v) is 7.05. The van der Waals surface area contributed by atoms with Gasteiger partial charge in [0.1, 0.15) is 6.61 Å². The van der Waals surface area contributed by atoms with Gasteiger partial charge in [0.25, 0.3) is 0 Å². The molecule has 0 radical (unpaired) electrons. The number of amides is 2. The highest BCUT2D eigenvalue weighted by Gasteiger charge is 2.02. The summed E-state index contributed by atoms with van der Waals surface area (Å²) in [5, 5.41) is 2.39. The summed E-state index contributed by atoms with van der Waals surface area (Å²) in [6.07, 6.45) is -0.561. The van der Waals surface area contributed by atoms with E-state index in [0.717, 1.165) is 0 Å². The highest BCUT2D eigenvalue weighted by Crippen LogP contribution is 1.83. The molecule has 0 bridgehead atoms. The molecule has 0 fully saturated rings. The van der Waals surface area contributed by atoms with Crippen molar-refractivity contribution in [3.63, 3.8) is 0 Å². The van der Waals surface area contributed by atoms with E-state index >= 15 is 0 Å². The van der Waals surface area contributed by atoms with E-state index in [1.165, 1.54) is 14.2 Å². The first kappa shape index (κ1) is 10.7. The molecular formula is C6H12N2O4. The predicted octanol–water partition coefficient (Wildman–Crippen LogP) is -0.590. The number of hydrogen-bond acceptors (Lipinski definition) is 4. The molecule has 0 aliphatic carbocycles. The van der Waals surface area contributed by atoms with Crippen molar-refractivity contribution >= 4 is 12.0 Å². The Bertz CT molecular complexity index is 160. The molecule has 0 aliphatic rings. The van der Waals surface area contributed by atoms with Crippen LogP contribution in [0, 0.1) is 0 Å². The lowest BCUT2D eigenvalue weighted by Gasteiger charge is -2.03. The number of hydrogen-bond donors (Lipinski definition) is 2. The fraction of sp³-hybridized carbons (Fsp3) is 0.667. The molecule has 6 nitrogen and oxygen atoms in total. The highest BCUT2D eigenvalue weighted by atomic mass is 16.7. The molecule has 12 heavy (non-hydrogen) atoms. The van der Waals surface area contributed by atoms with Crippen molar-refractivity contribution in [1.82, 2.24) is 10.8 Å². The van der Waals surface area contributed by atoms with Crippen LogP contribution in [0.4, 0.5) is 4.79 Å². The van der Waals surface area contributed by atoms with Gasteiger partial charge in [0.05, 0.1) is 13.5 Å². The van der Waals surface area contributed by atoms with Crippen molar-refractivity contribution in [2.45, 2.75) is 6.42 Å². The maximum atomic E-state index is 10.6. The third-order valence-electron chi connectivity index (χ3n) is 1.03. The second-order valence-electron chi connectivity index (χ2n) is 1.87. The molecule has 2 amide bonds. The number of nitrogens with one attached hydrogen (secondary N) is 2. The van der Waals surface area contributed by atoms with Crippen molar-refractivity contribution in [2.24, 2.45) is 0 Å². The van der Waals surface area contributed by atoms with Crippen LogP contribution in [-0.4, -0.2) is 32.8 Å². The van der Waals surface area contributed by atoms with Gasteiger partial charge < -0.3 is 10.1 Å². The Kier molecular flexibility index (Phi) is 5.72. The minimum Gasteiger partial charge on any atom is -0.448 e. The number of ether oxygens (including phenoxy) is 1. The van der Waals surface area contributed by atoms with Gasteiger partial charge in [0, 0.05) is 7.05 Å². The zero-order chi connectivity index (χ0) is 9.40. The average Bonchev–Trinajstić information content (AvgIpc) is 2.04. The highest BCUT2D eigenvalue weighted by molar-refractivity contribution is 5.76. The molecule has 70 valence electrons. The molecule has 6 heteroatoms. The maximum Gasteiger partial charge on any atom is 0.431 e. The van der Waals surface area contributed by atoms with Crippen LogP contribution < -0.4 is 10.8 Å². The lowest BCUT2D eigenvalue weighted by Crippen LogP contribution is -2.25. The summed E-state index contributed by atoms with van der Waals surface area (Å²) in [5.74, 6) is -0.180. The van der Waals surface area contributed by atoms with Gasteiger partial charge in [-0.25, -0.2) is 4.79 Å². The van der Waals surface area contributed by atoms with Crippen molar-refractivity contribution in [3.05, 3.63) is 0 Å². The molecule has 0 saturated carbocycles. The van der Waals surface area contributed by atoms with E-state index in [1.54, 1.807) is 0 Å². The van der Waals surface area contributed by atoms with Gasteiger partial charge in [-0.2, -0.15) is 5.48 Å². The monoisotopic (exact) mass is 176 g/mol. The summed E-state index contributed by atoms with van der Waals surface area (Å²) in [4.78, 5) is 25.4. The first-order chi connectivity index (χ1) is 5.70. The Morgan fingerprint density at radius 3 is 2.58 bits per heavy atom. The van der Waals surface area contributed by atoms with Crippen LogP contribution in [0.15, 0.2) is 0 Å². The predicted molar refractivity (Wildman–Crippen MR) is 40.2 cm³/mol. The van der Waals surface area contributed by atoms with Crippen molar-refractivity contribution in [1.29, 1.82) is 0 Å². The summed E-state index contributed by atoms with van der Waals surface area (Å²) in [5.41, 5.74) is 1.94. The Morgan fingerprint density at radius 1 is 1.42 bits per heavy atom. The number of carbonyl (C=O) groups is 2. The number of carbonyl (C=O) groups excluding carboxylic acids is 2. The summed E-state index contributed by atoms with van der Waals surface area (Å²) in [6, 6.07) is 0. The Labute approximate surface area is 70.2 Å². The van der Waals surface area contributed by atoms with E-state index in [-0.39, 0.29) is 18.9 Å². The summed E-state index contributed by atoms with van der Waals surface area (Å²) in [7, 11) is 2.80. The molecule has 0 aromatic carbocycles. The zero-order valence-electron chi connectivity index (χ0n) is 7.05. The first-order valence-electron chi connectivity index (χ1n) is 3.37. The van der Waals surface area contributed by atoms with Gasteiger partial charge in [0.15, 0.2) is 0 Å². The van der Waals surface area contributed by atoms with Gasteiger partial charge in [-0.05, 0) is 0 Å². The topological polar surface area (TPSA) is 76.7 Å². The van der Waals surface area contributed by atoms with Crippen LogP contribution in [0.1, 0.15) is 6.42 Å². The Balaban J connectivity index is 3.30. The van der Waals surface area contributed by atoms with Gasteiger partial charge in [0.2, 0.25) is 5.91 Å². The second kappa shape index (κ2) is 6.41. The standard InChI is InChI=1S/C6H12N2O4/c1-7-5(9)3-4-12-6(10)8-11-2/h3-4H2,1-2H3,(H,7,9)(H,8,10). The molecule has 0 aromatic rings. The minimum absolute atomic E-state index is 0.0366. The summed E-state index contributed by atoms with van der Waals surface area (Å²) < 4.78 is 4.52. The third kappa shape index (κ3) is 5.48. The molecule has 0 saturated heterocycles. The Morgan fingerprint density at radius 2 is 2.08 bits per heavy atom. The van der Waals surface area contributed by atoms with E-state index in [0.29, 0.717) is 0 Å².